The summed E-state index contributed by atoms with van der Waals surface area (Å²) in [4.78, 5) is 11.8. The Kier molecular flexibility index (Phi) is 6.30. The lowest BCUT2D eigenvalue weighted by molar-refractivity contribution is -0.118. The molecule has 0 bridgehead atoms. The molecule has 0 atom stereocenters. The molecule has 0 aliphatic heterocycles. The van der Waals surface area contributed by atoms with E-state index in [0.29, 0.717) is 6.61 Å². The van der Waals surface area contributed by atoms with E-state index in [2.05, 4.69) is 45.0 Å². The van der Waals surface area contributed by atoms with Crippen LogP contribution in [0.5, 0.6) is 0 Å². The van der Waals surface area contributed by atoms with Crippen LogP contribution in [0.4, 0.5) is 0 Å². The van der Waals surface area contributed by atoms with E-state index in [-0.39, 0.29) is 23.7 Å². The van der Waals surface area contributed by atoms with E-state index in [9.17, 15) is 4.79 Å². The molecule has 0 fully saturated rings. The van der Waals surface area contributed by atoms with Crippen LogP contribution in [-0.2, 0) is 9.22 Å². The Balaban J connectivity index is 2.46. The van der Waals surface area contributed by atoms with E-state index in [1.165, 1.54) is 10.4 Å². The fourth-order valence-electron chi connectivity index (χ4n) is 3.26. The number of carbonyl (C=O) groups is 1. The minimum absolute atomic E-state index is 0.0515. The molecule has 2 rings (SSSR count). The Morgan fingerprint density at radius 3 is 1.88 bits per heavy atom. The quantitative estimate of drug-likeness (QED) is 0.718. The van der Waals surface area contributed by atoms with E-state index >= 15 is 0 Å². The average Bonchev–Trinajstić information content (AvgIpc) is 2.59. The molecule has 0 radical (unpaired) electrons. The Labute approximate surface area is 151 Å². The lowest BCUT2D eigenvalue weighted by atomic mass is 10.2. The molecule has 2 aromatic rings. The maximum atomic E-state index is 11.8. The Hall–Kier alpha value is -2.22. The normalized spacial score (nSPS) is 11.8. The zero-order chi connectivity index (χ0) is 18.3. The number of carbonyl (C=O) groups excluding carboxylic acids is 1. The molecule has 0 aromatic heterocycles. The smallest absolute Gasteiger partial charge is 0.261 e. The molecule has 0 spiro atoms. The van der Waals surface area contributed by atoms with Gasteiger partial charge in [-0.25, -0.2) is 0 Å². The number of nitriles is 1. The number of rotatable bonds is 7. The summed E-state index contributed by atoms with van der Waals surface area (Å²) in [7, 11) is -2.57. The van der Waals surface area contributed by atoms with Gasteiger partial charge in [0.2, 0.25) is 0 Å². The fourth-order valence-corrected chi connectivity index (χ4v) is 7.82. The van der Waals surface area contributed by atoms with Crippen molar-refractivity contribution in [3.05, 3.63) is 60.7 Å². The van der Waals surface area contributed by atoms with Crippen LogP contribution in [0.25, 0.3) is 0 Å². The highest BCUT2D eigenvalue weighted by atomic mass is 28.4. The van der Waals surface area contributed by atoms with Gasteiger partial charge >= 0.3 is 0 Å². The lowest BCUT2D eigenvalue weighted by Crippen LogP contribution is -2.66. The molecule has 130 valence electrons. The largest absolute Gasteiger partial charge is 0.407 e. The van der Waals surface area contributed by atoms with Crippen LogP contribution in [0.2, 0.25) is 5.04 Å². The van der Waals surface area contributed by atoms with Crippen molar-refractivity contribution in [2.24, 2.45) is 0 Å². The van der Waals surface area contributed by atoms with E-state index in [4.69, 9.17) is 9.69 Å². The van der Waals surface area contributed by atoms with Crippen molar-refractivity contribution in [3.8, 4) is 6.07 Å². The number of hydrogen-bond acceptors (Lipinski definition) is 3. The van der Waals surface area contributed by atoms with Crippen LogP contribution in [0, 0.1) is 11.3 Å². The molecular weight excluding hydrogens is 326 g/mol. The highest BCUT2D eigenvalue weighted by Crippen LogP contribution is 2.36. The second-order valence-electron chi connectivity index (χ2n) is 7.14. The lowest BCUT2D eigenvalue weighted by Gasteiger charge is -2.43. The topological polar surface area (TPSA) is 50.1 Å². The van der Waals surface area contributed by atoms with Crippen molar-refractivity contribution in [1.29, 1.82) is 5.26 Å². The molecule has 0 N–H and O–H groups in total. The molecule has 3 nitrogen and oxygen atoms in total. The summed E-state index contributed by atoms with van der Waals surface area (Å²) < 4.78 is 6.59. The molecule has 0 aliphatic carbocycles. The molecule has 0 aliphatic rings. The van der Waals surface area contributed by atoms with Crippen molar-refractivity contribution in [2.45, 2.75) is 38.7 Å². The first kappa shape index (κ1) is 19.1. The van der Waals surface area contributed by atoms with Gasteiger partial charge < -0.3 is 4.43 Å². The first-order chi connectivity index (χ1) is 11.9. The third-order valence-electron chi connectivity index (χ3n) is 4.39. The van der Waals surface area contributed by atoms with Gasteiger partial charge in [0.15, 0.2) is 0 Å². The summed E-state index contributed by atoms with van der Waals surface area (Å²) in [6, 6.07) is 22.6. The van der Waals surface area contributed by atoms with Crippen molar-refractivity contribution in [2.75, 3.05) is 6.61 Å². The van der Waals surface area contributed by atoms with Gasteiger partial charge in [0.1, 0.15) is 5.78 Å². The monoisotopic (exact) mass is 351 g/mol. The van der Waals surface area contributed by atoms with Crippen LogP contribution in [0.15, 0.2) is 60.7 Å². The maximum absolute atomic E-state index is 11.8. The van der Waals surface area contributed by atoms with Crippen LogP contribution < -0.4 is 10.4 Å². The second-order valence-corrected chi connectivity index (χ2v) is 11.4. The van der Waals surface area contributed by atoms with Gasteiger partial charge in [0.25, 0.3) is 8.32 Å². The highest BCUT2D eigenvalue weighted by molar-refractivity contribution is 6.99. The fraction of sp³-hybridized carbons (Fsp3) is 0.333. The number of ketones is 1. The number of Topliss-reactive ketones (excluding diaryl/α,β-unsaturated/α-hetero) is 1. The molecular formula is C21H25NO2Si. The number of hydrogen-bond donors (Lipinski definition) is 0. The maximum Gasteiger partial charge on any atom is 0.261 e. The van der Waals surface area contributed by atoms with Crippen LogP contribution in [0.3, 0.4) is 0 Å². The molecule has 2 aromatic carbocycles. The molecule has 0 saturated heterocycles. The van der Waals surface area contributed by atoms with Gasteiger partial charge in [-0.3, -0.25) is 4.79 Å². The summed E-state index contributed by atoms with van der Waals surface area (Å²) in [6.07, 6.45) is 0.224. The highest BCUT2D eigenvalue weighted by Gasteiger charge is 2.49. The van der Waals surface area contributed by atoms with Crippen LogP contribution in [-0.4, -0.2) is 20.7 Å². The molecule has 25 heavy (non-hydrogen) atoms. The zero-order valence-electron chi connectivity index (χ0n) is 15.2. The average molecular weight is 352 g/mol. The third-order valence-corrected chi connectivity index (χ3v) is 9.43. The Morgan fingerprint density at radius 2 is 1.48 bits per heavy atom. The molecule has 0 amide bonds. The van der Waals surface area contributed by atoms with Gasteiger partial charge in [-0.05, 0) is 15.4 Å². The molecule has 0 saturated carbocycles. The third kappa shape index (κ3) is 4.25. The summed E-state index contributed by atoms with van der Waals surface area (Å²) >= 11 is 0. The number of benzene rings is 2. The zero-order valence-corrected chi connectivity index (χ0v) is 16.2. The summed E-state index contributed by atoms with van der Waals surface area (Å²) in [5.41, 5.74) is 0. The SMILES string of the molecule is CC(C)(C)[Si](OCCC(=O)CC#N)(c1ccccc1)c1ccccc1. The minimum atomic E-state index is -2.57. The molecule has 4 heteroatoms. The first-order valence-corrected chi connectivity index (χ1v) is 10.5. The van der Waals surface area contributed by atoms with Gasteiger partial charge in [0, 0.05) is 13.0 Å². The van der Waals surface area contributed by atoms with Crippen LogP contribution in [0.1, 0.15) is 33.6 Å². The Morgan fingerprint density at radius 1 is 1.00 bits per heavy atom. The predicted octanol–water partition coefficient (Wildman–Crippen LogP) is 3.44. The molecule has 0 heterocycles. The van der Waals surface area contributed by atoms with E-state index in [1.54, 1.807) is 0 Å². The minimum Gasteiger partial charge on any atom is -0.407 e. The Bertz CT molecular complexity index is 690. The standard InChI is InChI=1S/C21H25NO2Si/c1-21(2,3)25(19-10-6-4-7-11-19,20-12-8-5-9-13-20)24-17-15-18(23)14-16-22/h4-13H,14-15,17H2,1-3H3. The number of nitrogens with zero attached hydrogens (tertiary/aromatic N) is 1. The summed E-state index contributed by atoms with van der Waals surface area (Å²) in [5.74, 6) is -0.0690. The van der Waals surface area contributed by atoms with Crippen LogP contribution >= 0.6 is 0 Å². The van der Waals surface area contributed by atoms with Gasteiger partial charge in [-0.1, -0.05) is 81.4 Å². The van der Waals surface area contributed by atoms with Gasteiger partial charge in [-0.2, -0.15) is 5.26 Å². The van der Waals surface area contributed by atoms with E-state index in [0.717, 1.165) is 0 Å². The van der Waals surface area contributed by atoms with Crippen molar-refractivity contribution in [3.63, 3.8) is 0 Å². The van der Waals surface area contributed by atoms with E-state index < -0.39 is 8.32 Å². The second kappa shape index (κ2) is 8.24. The summed E-state index contributed by atoms with van der Waals surface area (Å²) in [5, 5.41) is 11.0. The van der Waals surface area contributed by atoms with Crippen molar-refractivity contribution < 1.29 is 9.22 Å². The molecule has 0 unspecified atom stereocenters. The van der Waals surface area contributed by atoms with E-state index in [1.807, 2.05) is 42.5 Å². The van der Waals surface area contributed by atoms with Crippen molar-refractivity contribution in [1.82, 2.24) is 0 Å². The summed E-state index contributed by atoms with van der Waals surface area (Å²) in [6.45, 7) is 6.96. The van der Waals surface area contributed by atoms with Crippen molar-refractivity contribution >= 4 is 24.5 Å². The predicted molar refractivity (Wildman–Crippen MR) is 103 cm³/mol. The van der Waals surface area contributed by atoms with Gasteiger partial charge in [0.05, 0.1) is 12.5 Å². The first-order valence-electron chi connectivity index (χ1n) is 8.55. The van der Waals surface area contributed by atoms with Gasteiger partial charge in [-0.15, -0.1) is 0 Å².